The van der Waals surface area contributed by atoms with Crippen molar-refractivity contribution >= 4 is 28.7 Å². The Morgan fingerprint density at radius 3 is 2.56 bits per heavy atom. The first-order valence-electron chi connectivity index (χ1n) is 5.55. The van der Waals surface area contributed by atoms with Crippen molar-refractivity contribution in [2.45, 2.75) is 6.92 Å². The number of rotatable bonds is 3. The van der Waals surface area contributed by atoms with Gasteiger partial charge >= 0.3 is 0 Å². The molecule has 1 amide bonds. The van der Waals surface area contributed by atoms with Gasteiger partial charge in [-0.05, 0) is 36.4 Å². The molecule has 0 aliphatic carbocycles. The van der Waals surface area contributed by atoms with Crippen LogP contribution in [0.25, 0.3) is 0 Å². The maximum atomic E-state index is 11.0. The molecule has 1 radical (unpaired) electrons. The van der Waals surface area contributed by atoms with Crippen molar-refractivity contribution in [2.24, 2.45) is 0 Å². The van der Waals surface area contributed by atoms with Crippen LogP contribution in [0.1, 0.15) is 6.92 Å². The van der Waals surface area contributed by atoms with Crippen LogP contribution in [0.4, 0.5) is 22.7 Å². The third-order valence-corrected chi connectivity index (χ3v) is 2.37. The fourth-order valence-corrected chi connectivity index (χ4v) is 1.57. The van der Waals surface area contributed by atoms with Crippen LogP contribution < -0.4 is 16.4 Å². The zero-order valence-electron chi connectivity index (χ0n) is 10.0. The van der Waals surface area contributed by atoms with Crippen molar-refractivity contribution in [1.82, 2.24) is 0 Å². The van der Waals surface area contributed by atoms with Crippen LogP contribution in [-0.4, -0.2) is 5.91 Å². The van der Waals surface area contributed by atoms with Gasteiger partial charge in [0.15, 0.2) is 0 Å². The molecule has 0 aromatic heterocycles. The molecule has 2 rings (SSSR count). The highest BCUT2D eigenvalue weighted by Gasteiger charge is 2.02. The number of hydrogen-bond acceptors (Lipinski definition) is 3. The number of carbonyl (C=O) groups is 1. The molecule has 0 bridgehead atoms. The predicted molar refractivity (Wildman–Crippen MR) is 73.7 cm³/mol. The van der Waals surface area contributed by atoms with Crippen molar-refractivity contribution in [2.75, 3.05) is 16.4 Å². The van der Waals surface area contributed by atoms with Crippen LogP contribution in [0.3, 0.4) is 0 Å². The Labute approximate surface area is 106 Å². The number of benzene rings is 2. The lowest BCUT2D eigenvalue weighted by Gasteiger charge is -2.11. The lowest BCUT2D eigenvalue weighted by molar-refractivity contribution is -0.114. The smallest absolute Gasteiger partial charge is 0.221 e. The van der Waals surface area contributed by atoms with E-state index in [1.807, 2.05) is 24.3 Å². The van der Waals surface area contributed by atoms with Crippen molar-refractivity contribution in [3.05, 3.63) is 48.5 Å². The molecule has 18 heavy (non-hydrogen) atoms. The molecular weight excluding hydrogens is 226 g/mol. The van der Waals surface area contributed by atoms with Gasteiger partial charge in [0, 0.05) is 18.3 Å². The Kier molecular flexibility index (Phi) is 3.48. The summed E-state index contributed by atoms with van der Waals surface area (Å²) in [6.07, 6.45) is 0. The van der Waals surface area contributed by atoms with Gasteiger partial charge in [-0.2, -0.15) is 0 Å². The molecule has 4 N–H and O–H groups in total. The SMILES string of the molecule is CC(=O)Nc1ccc(N)c(Nc2cc[c]cc2)c1. The Morgan fingerprint density at radius 2 is 1.89 bits per heavy atom. The number of anilines is 4. The van der Waals surface area contributed by atoms with Gasteiger partial charge in [-0.15, -0.1) is 0 Å². The molecule has 4 nitrogen and oxygen atoms in total. The molecule has 0 unspecified atom stereocenters. The van der Waals surface area contributed by atoms with Crippen LogP contribution in [0, 0.1) is 6.07 Å². The predicted octanol–water partition coefficient (Wildman–Crippen LogP) is 2.77. The average Bonchev–Trinajstić information content (AvgIpc) is 2.34. The first-order valence-corrected chi connectivity index (χ1v) is 5.55. The summed E-state index contributed by atoms with van der Waals surface area (Å²) < 4.78 is 0. The molecule has 4 heteroatoms. The van der Waals surface area contributed by atoms with E-state index in [9.17, 15) is 4.79 Å². The summed E-state index contributed by atoms with van der Waals surface area (Å²) in [4.78, 5) is 11.0. The van der Waals surface area contributed by atoms with E-state index in [1.54, 1.807) is 18.2 Å². The van der Waals surface area contributed by atoms with E-state index in [0.29, 0.717) is 11.4 Å². The van der Waals surface area contributed by atoms with E-state index in [4.69, 9.17) is 5.73 Å². The molecule has 0 saturated heterocycles. The minimum Gasteiger partial charge on any atom is -0.397 e. The van der Waals surface area contributed by atoms with Crippen molar-refractivity contribution < 1.29 is 4.79 Å². The summed E-state index contributed by atoms with van der Waals surface area (Å²) in [5.41, 5.74) is 8.89. The second kappa shape index (κ2) is 5.23. The second-order valence-corrected chi connectivity index (χ2v) is 3.90. The number of nitrogen functional groups attached to an aromatic ring is 1. The quantitative estimate of drug-likeness (QED) is 0.723. The van der Waals surface area contributed by atoms with Crippen LogP contribution in [0.2, 0.25) is 0 Å². The molecule has 0 heterocycles. The van der Waals surface area contributed by atoms with Gasteiger partial charge in [0.25, 0.3) is 0 Å². The largest absolute Gasteiger partial charge is 0.397 e. The monoisotopic (exact) mass is 240 g/mol. The molecule has 0 spiro atoms. The Morgan fingerprint density at radius 1 is 1.17 bits per heavy atom. The van der Waals surface area contributed by atoms with E-state index < -0.39 is 0 Å². The molecule has 0 saturated carbocycles. The third kappa shape index (κ3) is 3.01. The minimum atomic E-state index is -0.111. The Bertz CT molecular complexity index is 552. The highest BCUT2D eigenvalue weighted by molar-refractivity contribution is 5.90. The highest BCUT2D eigenvalue weighted by Crippen LogP contribution is 2.26. The summed E-state index contributed by atoms with van der Waals surface area (Å²) in [6.45, 7) is 1.47. The van der Waals surface area contributed by atoms with Gasteiger partial charge in [0.1, 0.15) is 0 Å². The lowest BCUT2D eigenvalue weighted by atomic mass is 10.2. The summed E-state index contributed by atoms with van der Waals surface area (Å²) >= 11 is 0. The van der Waals surface area contributed by atoms with Crippen LogP contribution in [0.15, 0.2) is 42.5 Å². The Hall–Kier alpha value is -2.49. The zero-order chi connectivity index (χ0) is 13.0. The van der Waals surface area contributed by atoms with Gasteiger partial charge in [-0.3, -0.25) is 4.79 Å². The summed E-state index contributed by atoms with van der Waals surface area (Å²) in [6, 6.07) is 15.7. The first kappa shape index (κ1) is 12.0. The summed E-state index contributed by atoms with van der Waals surface area (Å²) in [5, 5.41) is 5.91. The molecule has 0 atom stereocenters. The van der Waals surface area contributed by atoms with E-state index in [1.165, 1.54) is 6.92 Å². The standard InChI is InChI=1S/C14H14N3O/c1-10(18)16-12-7-8-13(15)14(9-12)17-11-5-3-2-4-6-11/h3-9,17H,15H2,1H3,(H,16,18). The van der Waals surface area contributed by atoms with Crippen LogP contribution in [0.5, 0.6) is 0 Å². The molecule has 2 aromatic rings. The average molecular weight is 240 g/mol. The number of hydrogen-bond donors (Lipinski definition) is 3. The highest BCUT2D eigenvalue weighted by atomic mass is 16.1. The first-order chi connectivity index (χ1) is 8.65. The normalized spacial score (nSPS) is 9.83. The zero-order valence-corrected chi connectivity index (χ0v) is 10.0. The number of carbonyl (C=O) groups excluding carboxylic acids is 1. The molecular formula is C14H14N3O. The van der Waals surface area contributed by atoms with Crippen LogP contribution in [-0.2, 0) is 4.79 Å². The second-order valence-electron chi connectivity index (χ2n) is 3.90. The van der Waals surface area contributed by atoms with Crippen molar-refractivity contribution in [3.8, 4) is 0 Å². The van der Waals surface area contributed by atoms with Gasteiger partial charge in [-0.25, -0.2) is 0 Å². The maximum absolute atomic E-state index is 11.0. The van der Waals surface area contributed by atoms with Crippen molar-refractivity contribution in [1.29, 1.82) is 0 Å². The van der Waals surface area contributed by atoms with Crippen LogP contribution >= 0.6 is 0 Å². The van der Waals surface area contributed by atoms with E-state index in [2.05, 4.69) is 16.7 Å². The fourth-order valence-electron chi connectivity index (χ4n) is 1.57. The molecule has 2 aromatic carbocycles. The van der Waals surface area contributed by atoms with Crippen molar-refractivity contribution in [3.63, 3.8) is 0 Å². The lowest BCUT2D eigenvalue weighted by Crippen LogP contribution is -2.06. The summed E-state index contributed by atoms with van der Waals surface area (Å²) in [5.74, 6) is -0.111. The van der Waals surface area contributed by atoms with E-state index in [-0.39, 0.29) is 5.91 Å². The Balaban J connectivity index is 2.24. The molecule has 91 valence electrons. The van der Waals surface area contributed by atoms with E-state index >= 15 is 0 Å². The van der Waals surface area contributed by atoms with Gasteiger partial charge in [0.2, 0.25) is 5.91 Å². The third-order valence-electron chi connectivity index (χ3n) is 2.37. The molecule has 0 aliphatic heterocycles. The maximum Gasteiger partial charge on any atom is 0.221 e. The van der Waals surface area contributed by atoms with E-state index in [0.717, 1.165) is 11.4 Å². The summed E-state index contributed by atoms with van der Waals surface area (Å²) in [7, 11) is 0. The number of nitrogens with one attached hydrogen (secondary N) is 2. The number of amides is 1. The van der Waals surface area contributed by atoms with Gasteiger partial charge in [-0.1, -0.05) is 12.1 Å². The number of nitrogens with two attached hydrogens (primary N) is 1. The van der Waals surface area contributed by atoms with Gasteiger partial charge in [0.05, 0.1) is 11.4 Å². The van der Waals surface area contributed by atoms with Gasteiger partial charge < -0.3 is 16.4 Å². The minimum absolute atomic E-state index is 0.111. The molecule has 0 aliphatic rings. The topological polar surface area (TPSA) is 67.2 Å². The molecule has 0 fully saturated rings. The fraction of sp³-hybridized carbons (Fsp3) is 0.0714.